The zero-order chi connectivity index (χ0) is 16.4. The van der Waals surface area contributed by atoms with Crippen molar-refractivity contribution >= 4 is 10.0 Å². The number of benzene rings is 1. The number of halogens is 3. The number of hydrogen-bond acceptors (Lipinski definition) is 4. The molecule has 1 N–H and O–H groups in total. The third-order valence-electron chi connectivity index (χ3n) is 3.43. The molecule has 1 saturated heterocycles. The standard InChI is InChI=1S/C13H17F3N2O3S/c1-17-8-10-6-7-18(9-10)22(19,20)12-5-3-2-4-11(12)21-13(14,15)16/h2-5,10,17H,6-9H2,1H3/t10-/m0/s1. The average Bonchev–Trinajstić information content (AvgIpc) is 2.87. The maximum absolute atomic E-state index is 12.5. The molecule has 0 aliphatic carbocycles. The van der Waals surface area contributed by atoms with Gasteiger partial charge in [-0.2, -0.15) is 4.31 Å². The molecule has 1 aromatic carbocycles. The fraction of sp³-hybridized carbons (Fsp3) is 0.538. The molecule has 22 heavy (non-hydrogen) atoms. The Balaban J connectivity index is 2.27. The van der Waals surface area contributed by atoms with E-state index in [0.717, 1.165) is 12.1 Å². The number of rotatable bonds is 5. The molecule has 1 heterocycles. The van der Waals surface area contributed by atoms with Crippen molar-refractivity contribution in [3.8, 4) is 5.75 Å². The molecule has 9 heteroatoms. The van der Waals surface area contributed by atoms with E-state index in [1.807, 2.05) is 0 Å². The number of sulfonamides is 1. The molecule has 0 aromatic heterocycles. The van der Waals surface area contributed by atoms with Crippen molar-refractivity contribution in [1.82, 2.24) is 9.62 Å². The second-order valence-electron chi connectivity index (χ2n) is 5.07. The van der Waals surface area contributed by atoms with Crippen molar-refractivity contribution in [3.05, 3.63) is 24.3 Å². The minimum atomic E-state index is -4.94. The molecule has 0 spiro atoms. The van der Waals surface area contributed by atoms with Gasteiger partial charge in [0, 0.05) is 13.1 Å². The summed E-state index contributed by atoms with van der Waals surface area (Å²) in [5.74, 6) is -0.553. The van der Waals surface area contributed by atoms with Crippen LogP contribution in [-0.4, -0.2) is 45.8 Å². The summed E-state index contributed by atoms with van der Waals surface area (Å²) in [6.45, 7) is 1.23. The molecule has 0 amide bonds. The van der Waals surface area contributed by atoms with Gasteiger partial charge in [-0.05, 0) is 38.1 Å². The monoisotopic (exact) mass is 338 g/mol. The van der Waals surface area contributed by atoms with Crippen LogP contribution in [0.3, 0.4) is 0 Å². The van der Waals surface area contributed by atoms with Crippen molar-refractivity contribution in [3.63, 3.8) is 0 Å². The number of ether oxygens (including phenoxy) is 1. The van der Waals surface area contributed by atoms with E-state index in [0.29, 0.717) is 13.0 Å². The predicted molar refractivity (Wildman–Crippen MR) is 73.9 cm³/mol. The number of para-hydroxylation sites is 1. The van der Waals surface area contributed by atoms with Crippen LogP contribution in [0.25, 0.3) is 0 Å². The first-order valence-corrected chi connectivity index (χ1v) is 8.17. The summed E-state index contributed by atoms with van der Waals surface area (Å²) >= 11 is 0. The van der Waals surface area contributed by atoms with Crippen LogP contribution in [0.15, 0.2) is 29.2 Å². The Morgan fingerprint density at radius 1 is 1.36 bits per heavy atom. The van der Waals surface area contributed by atoms with E-state index in [1.165, 1.54) is 16.4 Å². The van der Waals surface area contributed by atoms with E-state index in [-0.39, 0.29) is 19.0 Å². The summed E-state index contributed by atoms with van der Waals surface area (Å²) in [6.07, 6.45) is -4.27. The second-order valence-corrected chi connectivity index (χ2v) is 6.98. The van der Waals surface area contributed by atoms with Crippen molar-refractivity contribution in [2.45, 2.75) is 17.7 Å². The molecule has 1 atom stereocenters. The van der Waals surface area contributed by atoms with Crippen molar-refractivity contribution in [2.75, 3.05) is 26.7 Å². The van der Waals surface area contributed by atoms with Gasteiger partial charge in [-0.15, -0.1) is 13.2 Å². The van der Waals surface area contributed by atoms with Gasteiger partial charge in [-0.1, -0.05) is 12.1 Å². The molecular formula is C13H17F3N2O3S. The Morgan fingerprint density at radius 2 is 2.05 bits per heavy atom. The van der Waals surface area contributed by atoms with Crippen LogP contribution in [0, 0.1) is 5.92 Å². The Bertz CT molecular complexity index is 619. The Labute approximate surface area is 127 Å². The van der Waals surface area contributed by atoms with Crippen molar-refractivity contribution < 1.29 is 26.3 Å². The first-order chi connectivity index (χ1) is 10.2. The first-order valence-electron chi connectivity index (χ1n) is 6.73. The number of hydrogen-bond donors (Lipinski definition) is 1. The minimum absolute atomic E-state index is 0.149. The van der Waals surface area contributed by atoms with Crippen LogP contribution in [0.2, 0.25) is 0 Å². The highest BCUT2D eigenvalue weighted by Gasteiger charge is 2.37. The topological polar surface area (TPSA) is 58.6 Å². The number of nitrogens with one attached hydrogen (secondary N) is 1. The Hall–Kier alpha value is -1.32. The van der Waals surface area contributed by atoms with Gasteiger partial charge in [0.05, 0.1) is 0 Å². The summed E-state index contributed by atoms with van der Waals surface area (Å²) < 4.78 is 67.4. The van der Waals surface area contributed by atoms with Gasteiger partial charge in [0.25, 0.3) is 0 Å². The lowest BCUT2D eigenvalue weighted by molar-refractivity contribution is -0.275. The van der Waals surface area contributed by atoms with Crippen LogP contribution in [0.4, 0.5) is 13.2 Å². The largest absolute Gasteiger partial charge is 0.573 e. The first kappa shape index (κ1) is 17.0. The highest BCUT2D eigenvalue weighted by Crippen LogP contribution is 2.33. The lowest BCUT2D eigenvalue weighted by Gasteiger charge is -2.19. The highest BCUT2D eigenvalue weighted by atomic mass is 32.2. The Morgan fingerprint density at radius 3 is 2.68 bits per heavy atom. The normalized spacial score (nSPS) is 20.3. The molecule has 0 saturated carbocycles. The molecule has 1 aromatic rings. The maximum Gasteiger partial charge on any atom is 0.573 e. The summed E-state index contributed by atoms with van der Waals surface area (Å²) in [5.41, 5.74) is 0. The van der Waals surface area contributed by atoms with E-state index in [2.05, 4.69) is 10.1 Å². The third kappa shape index (κ3) is 3.90. The van der Waals surface area contributed by atoms with E-state index < -0.39 is 27.0 Å². The van der Waals surface area contributed by atoms with Gasteiger partial charge >= 0.3 is 6.36 Å². The summed E-state index contributed by atoms with van der Waals surface area (Å²) in [7, 11) is -2.24. The fourth-order valence-electron chi connectivity index (χ4n) is 2.48. The molecule has 1 aliphatic heterocycles. The molecule has 1 aliphatic rings. The molecule has 1 fully saturated rings. The quantitative estimate of drug-likeness (QED) is 0.890. The lowest BCUT2D eigenvalue weighted by atomic mass is 10.1. The Kier molecular flexibility index (Phi) is 4.98. The summed E-state index contributed by atoms with van der Waals surface area (Å²) in [4.78, 5) is -0.461. The zero-order valence-corrected chi connectivity index (χ0v) is 12.7. The lowest BCUT2D eigenvalue weighted by Crippen LogP contribution is -2.31. The van der Waals surface area contributed by atoms with E-state index in [1.54, 1.807) is 7.05 Å². The molecule has 5 nitrogen and oxygen atoms in total. The van der Waals surface area contributed by atoms with Gasteiger partial charge in [0.2, 0.25) is 10.0 Å². The minimum Gasteiger partial charge on any atom is -0.404 e. The van der Waals surface area contributed by atoms with Crippen LogP contribution >= 0.6 is 0 Å². The molecule has 124 valence electrons. The number of nitrogens with zero attached hydrogens (tertiary/aromatic N) is 1. The van der Waals surface area contributed by atoms with Crippen LogP contribution in [0.1, 0.15) is 6.42 Å². The van der Waals surface area contributed by atoms with Gasteiger partial charge in [-0.3, -0.25) is 0 Å². The average molecular weight is 338 g/mol. The van der Waals surface area contributed by atoms with Crippen LogP contribution in [0.5, 0.6) is 5.75 Å². The molecule has 0 unspecified atom stereocenters. The van der Waals surface area contributed by atoms with E-state index >= 15 is 0 Å². The van der Waals surface area contributed by atoms with Crippen molar-refractivity contribution in [1.29, 1.82) is 0 Å². The van der Waals surface area contributed by atoms with Gasteiger partial charge in [-0.25, -0.2) is 8.42 Å². The van der Waals surface area contributed by atoms with Crippen molar-refractivity contribution in [2.24, 2.45) is 5.92 Å². The van der Waals surface area contributed by atoms with Gasteiger partial charge < -0.3 is 10.1 Å². The van der Waals surface area contributed by atoms with Gasteiger partial charge in [0.15, 0.2) is 0 Å². The van der Waals surface area contributed by atoms with Crippen LogP contribution in [-0.2, 0) is 10.0 Å². The van der Waals surface area contributed by atoms with Gasteiger partial charge in [0.1, 0.15) is 10.6 Å². The smallest absolute Gasteiger partial charge is 0.404 e. The summed E-state index contributed by atoms with van der Waals surface area (Å²) in [6, 6.07) is 4.80. The predicted octanol–water partition coefficient (Wildman–Crippen LogP) is 1.82. The van der Waals surface area contributed by atoms with Crippen LogP contribution < -0.4 is 10.1 Å². The zero-order valence-electron chi connectivity index (χ0n) is 11.9. The van der Waals surface area contributed by atoms with E-state index in [9.17, 15) is 21.6 Å². The molecular weight excluding hydrogens is 321 g/mol. The SMILES string of the molecule is CNC[C@@H]1CCN(S(=O)(=O)c2ccccc2OC(F)(F)F)C1. The second kappa shape index (κ2) is 6.43. The highest BCUT2D eigenvalue weighted by molar-refractivity contribution is 7.89. The van der Waals surface area contributed by atoms with E-state index in [4.69, 9.17) is 0 Å². The molecule has 2 rings (SSSR count). The maximum atomic E-state index is 12.5. The third-order valence-corrected chi connectivity index (χ3v) is 5.34. The summed E-state index contributed by atoms with van der Waals surface area (Å²) in [5, 5.41) is 2.97. The molecule has 0 bridgehead atoms. The number of alkyl halides is 3. The fourth-order valence-corrected chi connectivity index (χ4v) is 4.13. The molecule has 0 radical (unpaired) electrons.